The highest BCUT2D eigenvalue weighted by Gasteiger charge is 2.11. The van der Waals surface area contributed by atoms with E-state index in [1.807, 2.05) is 12.1 Å². The number of guanidine groups is 1. The van der Waals surface area contributed by atoms with Crippen molar-refractivity contribution in [1.29, 1.82) is 0 Å². The van der Waals surface area contributed by atoms with E-state index < -0.39 is 0 Å². The van der Waals surface area contributed by atoms with Crippen LogP contribution in [0.4, 0.5) is 5.69 Å². The predicted octanol–water partition coefficient (Wildman–Crippen LogP) is 4.10. The molecule has 4 heteroatoms. The monoisotopic (exact) mass is 337 g/mol. The van der Waals surface area contributed by atoms with Crippen molar-refractivity contribution in [2.75, 3.05) is 19.0 Å². The molecule has 2 aromatic rings. The van der Waals surface area contributed by atoms with Crippen molar-refractivity contribution in [3.05, 3.63) is 59.2 Å². The van der Waals surface area contributed by atoms with Gasteiger partial charge in [-0.25, -0.2) is 0 Å². The lowest BCUT2D eigenvalue weighted by Gasteiger charge is -2.12. The Kier molecular flexibility index (Phi) is 5.59. The summed E-state index contributed by atoms with van der Waals surface area (Å²) >= 11 is 0. The number of fused-ring (bicyclic) bond motifs is 1. The van der Waals surface area contributed by atoms with Gasteiger partial charge >= 0.3 is 0 Å². The van der Waals surface area contributed by atoms with Crippen LogP contribution in [0.2, 0.25) is 0 Å². The van der Waals surface area contributed by atoms with Gasteiger partial charge in [-0.2, -0.15) is 0 Å². The topological polar surface area (TPSA) is 59.6 Å². The summed E-state index contributed by atoms with van der Waals surface area (Å²) in [6.07, 6.45) is 4.58. The Balaban J connectivity index is 1.51. The molecule has 0 aromatic heterocycles. The second-order valence-electron chi connectivity index (χ2n) is 6.69. The molecule has 25 heavy (non-hydrogen) atoms. The van der Waals surface area contributed by atoms with Crippen molar-refractivity contribution in [3.8, 4) is 5.75 Å². The zero-order valence-corrected chi connectivity index (χ0v) is 15.1. The molecule has 3 rings (SSSR count). The van der Waals surface area contributed by atoms with Crippen molar-refractivity contribution < 1.29 is 4.74 Å². The van der Waals surface area contributed by atoms with E-state index in [4.69, 9.17) is 10.5 Å². The molecule has 0 aliphatic heterocycles. The number of nitrogens with zero attached hydrogens (tertiary/aromatic N) is 1. The molecule has 0 saturated heterocycles. The van der Waals surface area contributed by atoms with Crippen LogP contribution in [-0.4, -0.2) is 19.6 Å². The zero-order valence-electron chi connectivity index (χ0n) is 15.1. The van der Waals surface area contributed by atoms with Gasteiger partial charge in [0.05, 0.1) is 7.11 Å². The van der Waals surface area contributed by atoms with Crippen LogP contribution >= 0.6 is 0 Å². The van der Waals surface area contributed by atoms with E-state index in [1.54, 1.807) is 7.11 Å². The van der Waals surface area contributed by atoms with Gasteiger partial charge in [0.25, 0.3) is 0 Å². The molecular weight excluding hydrogens is 310 g/mol. The molecular formula is C21H27N3O. The normalized spacial score (nSPS) is 14.9. The molecule has 4 nitrogen and oxygen atoms in total. The third-order valence-corrected chi connectivity index (χ3v) is 4.90. The van der Waals surface area contributed by atoms with Crippen LogP contribution in [0.5, 0.6) is 5.75 Å². The van der Waals surface area contributed by atoms with E-state index in [9.17, 15) is 0 Å². The van der Waals surface area contributed by atoms with Crippen LogP contribution in [0.3, 0.4) is 0 Å². The smallest absolute Gasteiger partial charge is 0.193 e. The molecule has 132 valence electrons. The molecule has 2 aromatic carbocycles. The van der Waals surface area contributed by atoms with Crippen molar-refractivity contribution in [1.82, 2.24) is 0 Å². The van der Waals surface area contributed by atoms with Crippen LogP contribution in [0, 0.1) is 0 Å². The number of aryl methyl sites for hydroxylation is 2. The van der Waals surface area contributed by atoms with E-state index in [0.717, 1.165) is 17.9 Å². The summed E-state index contributed by atoms with van der Waals surface area (Å²) in [5.74, 6) is 1.80. The number of hydrogen-bond donors (Lipinski definition) is 2. The van der Waals surface area contributed by atoms with E-state index in [-0.39, 0.29) is 0 Å². The van der Waals surface area contributed by atoms with Crippen LogP contribution < -0.4 is 15.8 Å². The molecule has 3 N–H and O–H groups in total. The van der Waals surface area contributed by atoms with Crippen LogP contribution in [0.25, 0.3) is 0 Å². The quantitative estimate of drug-likeness (QED) is 0.616. The minimum atomic E-state index is 0.433. The summed E-state index contributed by atoms with van der Waals surface area (Å²) in [5, 5.41) is 3.21. The fourth-order valence-electron chi connectivity index (χ4n) is 3.31. The second kappa shape index (κ2) is 8.06. The lowest BCUT2D eigenvalue weighted by Crippen LogP contribution is -2.23. The van der Waals surface area contributed by atoms with E-state index in [2.05, 4.69) is 47.6 Å². The van der Waals surface area contributed by atoms with Gasteiger partial charge in [-0.3, -0.25) is 4.99 Å². The van der Waals surface area contributed by atoms with Crippen molar-refractivity contribution in [2.24, 2.45) is 10.7 Å². The second-order valence-corrected chi connectivity index (χ2v) is 6.69. The number of nitrogens with two attached hydrogens (primary N) is 1. The number of rotatable bonds is 6. The highest BCUT2D eigenvalue weighted by atomic mass is 16.5. The van der Waals surface area contributed by atoms with Gasteiger partial charge in [-0.1, -0.05) is 25.1 Å². The van der Waals surface area contributed by atoms with Gasteiger partial charge in [0, 0.05) is 12.2 Å². The van der Waals surface area contributed by atoms with Crippen LogP contribution in [-0.2, 0) is 12.8 Å². The minimum Gasteiger partial charge on any atom is -0.497 e. The Hall–Kier alpha value is -2.49. The van der Waals surface area contributed by atoms with Crippen LogP contribution in [0.15, 0.2) is 47.5 Å². The maximum Gasteiger partial charge on any atom is 0.193 e. The maximum absolute atomic E-state index is 6.04. The molecule has 1 aliphatic carbocycles. The number of ether oxygens (including phenoxy) is 1. The SMILES string of the molecule is COc1ccc(C(C)CCN=C(N)Nc2ccc3c(c2)CCC3)cc1. The molecule has 1 atom stereocenters. The third kappa shape index (κ3) is 4.53. The first-order chi connectivity index (χ1) is 12.2. The average molecular weight is 337 g/mol. The number of nitrogens with one attached hydrogen (secondary N) is 1. The molecule has 0 amide bonds. The highest BCUT2D eigenvalue weighted by molar-refractivity contribution is 5.92. The molecule has 0 fully saturated rings. The van der Waals surface area contributed by atoms with Crippen molar-refractivity contribution in [2.45, 2.75) is 38.5 Å². The first kappa shape index (κ1) is 17.3. The first-order valence-electron chi connectivity index (χ1n) is 8.98. The number of methoxy groups -OCH3 is 1. The summed E-state index contributed by atoms with van der Waals surface area (Å²) in [6, 6.07) is 14.7. The Morgan fingerprint density at radius 3 is 2.68 bits per heavy atom. The standard InChI is InChI=1S/C21H27N3O/c1-15(16-7-10-20(25-2)11-8-16)12-13-23-21(22)24-19-9-6-17-4-3-5-18(17)14-19/h6-11,14-15H,3-5,12-13H2,1-2H3,(H3,22,23,24). The molecule has 0 spiro atoms. The van der Waals surface area contributed by atoms with Crippen molar-refractivity contribution >= 4 is 11.6 Å². The van der Waals surface area contributed by atoms with Gasteiger partial charge in [0.2, 0.25) is 0 Å². The molecule has 0 saturated carbocycles. The Bertz CT molecular complexity index is 737. The molecule has 0 radical (unpaired) electrons. The van der Waals surface area contributed by atoms with Crippen LogP contribution in [0.1, 0.15) is 42.4 Å². The summed E-state index contributed by atoms with van der Waals surface area (Å²) < 4.78 is 5.20. The summed E-state index contributed by atoms with van der Waals surface area (Å²) in [4.78, 5) is 4.47. The number of aliphatic imine (C=N–C) groups is 1. The lowest BCUT2D eigenvalue weighted by atomic mass is 9.98. The van der Waals surface area contributed by atoms with Gasteiger partial charge in [0.15, 0.2) is 5.96 Å². The predicted molar refractivity (Wildman–Crippen MR) is 105 cm³/mol. The van der Waals surface area contributed by atoms with Gasteiger partial charge in [-0.15, -0.1) is 0 Å². The Morgan fingerprint density at radius 1 is 1.16 bits per heavy atom. The minimum absolute atomic E-state index is 0.433. The highest BCUT2D eigenvalue weighted by Crippen LogP contribution is 2.25. The largest absolute Gasteiger partial charge is 0.497 e. The average Bonchev–Trinajstić information content (AvgIpc) is 3.09. The Morgan fingerprint density at radius 2 is 1.92 bits per heavy atom. The van der Waals surface area contributed by atoms with Gasteiger partial charge in [-0.05, 0) is 72.6 Å². The maximum atomic E-state index is 6.04. The summed E-state index contributed by atoms with van der Waals surface area (Å²) in [7, 11) is 1.68. The first-order valence-corrected chi connectivity index (χ1v) is 8.98. The third-order valence-electron chi connectivity index (χ3n) is 4.90. The Labute approximate surface area is 150 Å². The molecule has 1 unspecified atom stereocenters. The summed E-state index contributed by atoms with van der Waals surface area (Å²) in [6.45, 7) is 2.92. The fraction of sp³-hybridized carbons (Fsp3) is 0.381. The van der Waals surface area contributed by atoms with Crippen molar-refractivity contribution in [3.63, 3.8) is 0 Å². The summed E-state index contributed by atoms with van der Waals surface area (Å²) in [5.41, 5.74) is 11.3. The van der Waals surface area contributed by atoms with E-state index >= 15 is 0 Å². The van der Waals surface area contributed by atoms with E-state index in [1.165, 1.54) is 36.0 Å². The van der Waals surface area contributed by atoms with E-state index in [0.29, 0.717) is 18.4 Å². The van der Waals surface area contributed by atoms with Gasteiger partial charge in [0.1, 0.15) is 5.75 Å². The fourth-order valence-corrected chi connectivity index (χ4v) is 3.31. The number of anilines is 1. The molecule has 0 bridgehead atoms. The number of benzene rings is 2. The zero-order chi connectivity index (χ0) is 17.6. The number of hydrogen-bond acceptors (Lipinski definition) is 2. The van der Waals surface area contributed by atoms with Gasteiger partial charge < -0.3 is 15.8 Å². The molecule has 1 aliphatic rings. The molecule has 0 heterocycles. The lowest BCUT2D eigenvalue weighted by molar-refractivity contribution is 0.414.